The van der Waals surface area contributed by atoms with E-state index in [1.165, 1.54) is 0 Å². The molecule has 1 N–H and O–H groups in total. The lowest BCUT2D eigenvalue weighted by Gasteiger charge is -2.21. The minimum absolute atomic E-state index is 0.230. The van der Waals surface area contributed by atoms with Gasteiger partial charge in [-0.3, -0.25) is 4.55 Å². The average molecular weight is 215 g/mol. The molecule has 0 aromatic heterocycles. The van der Waals surface area contributed by atoms with E-state index in [-0.39, 0.29) is 6.42 Å². The Morgan fingerprint density at radius 3 is 2.17 bits per heavy atom. The lowest BCUT2D eigenvalue weighted by Crippen LogP contribution is -2.31. The van der Waals surface area contributed by atoms with Crippen LogP contribution in [0.15, 0.2) is 0 Å². The van der Waals surface area contributed by atoms with Gasteiger partial charge in [0.1, 0.15) is 0 Å². The highest BCUT2D eigenvalue weighted by Gasteiger charge is 2.38. The molecule has 0 rings (SSSR count). The van der Waals surface area contributed by atoms with E-state index in [9.17, 15) is 8.42 Å². The normalized spacial score (nSPS) is 17.3. The predicted molar refractivity (Wildman–Crippen MR) is 49.9 cm³/mol. The molecular formula is C7H15ClO3S. The van der Waals surface area contributed by atoms with Gasteiger partial charge in [0, 0.05) is 0 Å². The zero-order chi connectivity index (χ0) is 9.83. The van der Waals surface area contributed by atoms with Crippen LogP contribution < -0.4 is 0 Å². The highest BCUT2D eigenvalue weighted by Crippen LogP contribution is 2.31. The second kappa shape index (κ2) is 4.44. The summed E-state index contributed by atoms with van der Waals surface area (Å²) in [6.07, 6.45) is 2.11. The molecule has 0 spiro atoms. The quantitative estimate of drug-likeness (QED) is 0.565. The predicted octanol–water partition coefficient (Wildman–Crippen LogP) is 2.41. The van der Waals surface area contributed by atoms with E-state index in [0.717, 1.165) is 6.42 Å². The molecule has 1 unspecified atom stereocenters. The smallest absolute Gasteiger partial charge is 0.284 e. The molecular weight excluding hydrogens is 200 g/mol. The Balaban J connectivity index is 4.47. The van der Waals surface area contributed by atoms with Gasteiger partial charge in [-0.15, -0.1) is 0 Å². The van der Waals surface area contributed by atoms with Crippen LogP contribution >= 0.6 is 11.6 Å². The maximum absolute atomic E-state index is 10.8. The van der Waals surface area contributed by atoms with Gasteiger partial charge in [0.15, 0.2) is 4.21 Å². The summed E-state index contributed by atoms with van der Waals surface area (Å²) < 4.78 is 29.0. The Bertz CT molecular complexity index is 225. The van der Waals surface area contributed by atoms with Gasteiger partial charge in [-0.25, -0.2) is 0 Å². The summed E-state index contributed by atoms with van der Waals surface area (Å²) in [5, 5.41) is 0. The van der Waals surface area contributed by atoms with Crippen molar-refractivity contribution < 1.29 is 13.0 Å². The van der Waals surface area contributed by atoms with E-state index in [1.807, 2.05) is 6.92 Å². The van der Waals surface area contributed by atoms with Gasteiger partial charge in [-0.2, -0.15) is 8.42 Å². The van der Waals surface area contributed by atoms with Crippen molar-refractivity contribution in [1.82, 2.24) is 0 Å². The van der Waals surface area contributed by atoms with Gasteiger partial charge in [0.25, 0.3) is 10.1 Å². The van der Waals surface area contributed by atoms with E-state index in [4.69, 9.17) is 16.2 Å². The van der Waals surface area contributed by atoms with E-state index < -0.39 is 14.3 Å². The maximum atomic E-state index is 10.8. The molecule has 0 aliphatic carbocycles. The first-order valence-corrected chi connectivity index (χ1v) is 5.85. The molecule has 0 saturated heterocycles. The zero-order valence-corrected chi connectivity index (χ0v) is 8.95. The third-order valence-corrected chi connectivity index (χ3v) is 4.35. The Morgan fingerprint density at radius 2 is 1.92 bits per heavy atom. The molecule has 12 heavy (non-hydrogen) atoms. The molecule has 3 nitrogen and oxygen atoms in total. The van der Waals surface area contributed by atoms with Gasteiger partial charge < -0.3 is 0 Å². The number of alkyl halides is 1. The number of rotatable bonds is 5. The third kappa shape index (κ3) is 2.92. The molecule has 1 atom stereocenters. The van der Waals surface area contributed by atoms with Crippen LogP contribution in [-0.4, -0.2) is 17.2 Å². The number of hydrogen-bond acceptors (Lipinski definition) is 2. The first-order valence-electron chi connectivity index (χ1n) is 4.03. The van der Waals surface area contributed by atoms with Gasteiger partial charge in [0.05, 0.1) is 0 Å². The van der Waals surface area contributed by atoms with Crippen LogP contribution in [0.3, 0.4) is 0 Å². The van der Waals surface area contributed by atoms with E-state index in [0.29, 0.717) is 12.8 Å². The molecule has 0 heterocycles. The summed E-state index contributed by atoms with van der Waals surface area (Å²) in [6, 6.07) is 0. The van der Waals surface area contributed by atoms with E-state index >= 15 is 0 Å². The molecule has 0 aliphatic rings. The molecule has 0 fully saturated rings. The fourth-order valence-corrected chi connectivity index (χ4v) is 1.83. The van der Waals surface area contributed by atoms with Crippen LogP contribution in [-0.2, 0) is 10.1 Å². The molecule has 5 heteroatoms. The molecule has 0 aromatic carbocycles. The van der Waals surface area contributed by atoms with Crippen LogP contribution in [0.1, 0.15) is 39.5 Å². The zero-order valence-electron chi connectivity index (χ0n) is 7.38. The Labute approximate surface area is 78.9 Å². The van der Waals surface area contributed by atoms with Crippen LogP contribution in [0, 0.1) is 0 Å². The van der Waals surface area contributed by atoms with Crippen LogP contribution in [0.4, 0.5) is 0 Å². The fourth-order valence-electron chi connectivity index (χ4n) is 0.929. The highest BCUT2D eigenvalue weighted by molar-refractivity contribution is 7.88. The molecule has 0 bridgehead atoms. The maximum Gasteiger partial charge on any atom is 0.284 e. The Morgan fingerprint density at radius 1 is 1.42 bits per heavy atom. The Kier molecular flexibility index (Phi) is 4.51. The van der Waals surface area contributed by atoms with Gasteiger partial charge in [-0.05, 0) is 12.8 Å². The summed E-state index contributed by atoms with van der Waals surface area (Å²) in [5.74, 6) is 0. The minimum atomic E-state index is -4.12. The van der Waals surface area contributed by atoms with Crippen molar-refractivity contribution in [3.05, 3.63) is 0 Å². The van der Waals surface area contributed by atoms with Gasteiger partial charge in [0.2, 0.25) is 0 Å². The van der Waals surface area contributed by atoms with E-state index in [2.05, 4.69) is 0 Å². The Hall–Kier alpha value is 0.200. The van der Waals surface area contributed by atoms with Crippen molar-refractivity contribution in [1.29, 1.82) is 0 Å². The van der Waals surface area contributed by atoms with Crippen LogP contribution in [0.2, 0.25) is 0 Å². The summed E-state index contributed by atoms with van der Waals surface area (Å²) in [5.41, 5.74) is 0. The lowest BCUT2D eigenvalue weighted by molar-refractivity contribution is 0.442. The summed E-state index contributed by atoms with van der Waals surface area (Å²) in [6.45, 7) is 3.59. The first kappa shape index (κ1) is 12.2. The first-order chi connectivity index (χ1) is 5.37. The monoisotopic (exact) mass is 214 g/mol. The molecule has 0 amide bonds. The third-order valence-electron chi connectivity index (χ3n) is 1.89. The van der Waals surface area contributed by atoms with Crippen LogP contribution in [0.5, 0.6) is 0 Å². The van der Waals surface area contributed by atoms with Crippen molar-refractivity contribution in [2.75, 3.05) is 0 Å². The van der Waals surface area contributed by atoms with Gasteiger partial charge in [-0.1, -0.05) is 38.3 Å². The summed E-state index contributed by atoms with van der Waals surface area (Å²) >= 11 is 5.74. The lowest BCUT2D eigenvalue weighted by atomic mass is 10.1. The topological polar surface area (TPSA) is 54.4 Å². The summed E-state index contributed by atoms with van der Waals surface area (Å²) in [7, 11) is -4.12. The summed E-state index contributed by atoms with van der Waals surface area (Å²) in [4.78, 5) is 0. The second-order valence-electron chi connectivity index (χ2n) is 2.82. The van der Waals surface area contributed by atoms with Crippen molar-refractivity contribution in [2.45, 2.75) is 43.7 Å². The molecule has 74 valence electrons. The number of unbranched alkanes of at least 4 members (excludes halogenated alkanes) is 1. The fraction of sp³-hybridized carbons (Fsp3) is 1.00. The second-order valence-corrected chi connectivity index (χ2v) is 5.49. The van der Waals surface area contributed by atoms with Crippen LogP contribution in [0.25, 0.3) is 0 Å². The SMILES string of the molecule is CCCCC(Cl)(CC)S(=O)(=O)O. The van der Waals surface area contributed by atoms with Crippen molar-refractivity contribution in [2.24, 2.45) is 0 Å². The molecule has 0 aliphatic heterocycles. The van der Waals surface area contributed by atoms with Crippen molar-refractivity contribution in [3.8, 4) is 0 Å². The van der Waals surface area contributed by atoms with Crippen molar-refractivity contribution >= 4 is 21.7 Å². The molecule has 0 aromatic rings. The highest BCUT2D eigenvalue weighted by atomic mass is 35.5. The standard InChI is InChI=1S/C7H15ClO3S/c1-3-5-6-7(8,4-2)12(9,10)11/h3-6H2,1-2H3,(H,9,10,11). The molecule has 0 saturated carbocycles. The number of hydrogen-bond donors (Lipinski definition) is 1. The van der Waals surface area contributed by atoms with Gasteiger partial charge >= 0.3 is 0 Å². The largest absolute Gasteiger partial charge is 0.284 e. The van der Waals surface area contributed by atoms with Crippen molar-refractivity contribution in [3.63, 3.8) is 0 Å². The van der Waals surface area contributed by atoms with E-state index in [1.54, 1.807) is 6.92 Å². The number of halogens is 1. The average Bonchev–Trinajstić information content (AvgIpc) is 1.98. The molecule has 0 radical (unpaired) electrons. The minimum Gasteiger partial charge on any atom is -0.284 e.